The molecule has 0 saturated carbocycles. The number of rotatable bonds is 1. The molecule has 16 heavy (non-hydrogen) atoms. The third kappa shape index (κ3) is 1.46. The lowest BCUT2D eigenvalue weighted by atomic mass is 10.1. The van der Waals surface area contributed by atoms with E-state index in [0.717, 1.165) is 11.1 Å². The Bertz CT molecular complexity index is 664. The standard InChI is InChI=1S/C12H13NO3/c1-4-13-10-6-8(3)7(2)5-9(10)11(14)16-12(13)15/h5-6H,4H2,1-3H3. The third-order valence-electron chi connectivity index (χ3n) is 2.84. The molecule has 0 atom stereocenters. The summed E-state index contributed by atoms with van der Waals surface area (Å²) < 4.78 is 6.12. The van der Waals surface area contributed by atoms with Crippen molar-refractivity contribution in [3.63, 3.8) is 0 Å². The van der Waals surface area contributed by atoms with Crippen LogP contribution in [0.3, 0.4) is 0 Å². The predicted molar refractivity (Wildman–Crippen MR) is 61.9 cm³/mol. The van der Waals surface area contributed by atoms with Crippen LogP contribution in [0.4, 0.5) is 0 Å². The summed E-state index contributed by atoms with van der Waals surface area (Å²) in [6.45, 7) is 6.21. The zero-order valence-corrected chi connectivity index (χ0v) is 9.53. The van der Waals surface area contributed by atoms with Crippen molar-refractivity contribution in [1.29, 1.82) is 0 Å². The Morgan fingerprint density at radius 3 is 2.44 bits per heavy atom. The molecule has 1 aromatic heterocycles. The van der Waals surface area contributed by atoms with Crippen LogP contribution >= 0.6 is 0 Å². The number of nitrogens with zero attached hydrogens (tertiary/aromatic N) is 1. The van der Waals surface area contributed by atoms with Gasteiger partial charge in [-0.15, -0.1) is 0 Å². The molecule has 0 aliphatic heterocycles. The van der Waals surface area contributed by atoms with Crippen LogP contribution in [0.15, 0.2) is 26.1 Å². The van der Waals surface area contributed by atoms with Gasteiger partial charge >= 0.3 is 11.4 Å². The van der Waals surface area contributed by atoms with Crippen molar-refractivity contribution < 1.29 is 4.42 Å². The fourth-order valence-corrected chi connectivity index (χ4v) is 1.77. The van der Waals surface area contributed by atoms with Crippen molar-refractivity contribution >= 4 is 10.9 Å². The summed E-state index contributed by atoms with van der Waals surface area (Å²) in [6.07, 6.45) is 0. The summed E-state index contributed by atoms with van der Waals surface area (Å²) in [6, 6.07) is 3.62. The van der Waals surface area contributed by atoms with Crippen LogP contribution in [0.2, 0.25) is 0 Å². The number of aryl methyl sites for hydroxylation is 3. The summed E-state index contributed by atoms with van der Waals surface area (Å²) >= 11 is 0. The Morgan fingerprint density at radius 1 is 1.19 bits per heavy atom. The van der Waals surface area contributed by atoms with Gasteiger partial charge in [-0.1, -0.05) is 0 Å². The van der Waals surface area contributed by atoms with Gasteiger partial charge in [0.1, 0.15) is 0 Å². The lowest BCUT2D eigenvalue weighted by Gasteiger charge is -2.07. The Hall–Kier alpha value is -1.84. The van der Waals surface area contributed by atoms with E-state index < -0.39 is 11.4 Å². The molecule has 0 bridgehead atoms. The fourth-order valence-electron chi connectivity index (χ4n) is 1.77. The highest BCUT2D eigenvalue weighted by atomic mass is 16.4. The monoisotopic (exact) mass is 219 g/mol. The first kappa shape index (κ1) is 10.7. The molecule has 4 nitrogen and oxygen atoms in total. The van der Waals surface area contributed by atoms with Gasteiger partial charge in [-0.05, 0) is 44.0 Å². The SMILES string of the molecule is CCn1c(=O)oc(=O)c2cc(C)c(C)cc21. The quantitative estimate of drug-likeness (QED) is 0.731. The largest absolute Gasteiger partial charge is 0.422 e. The Balaban J connectivity index is 3.06. The minimum atomic E-state index is -0.594. The molecule has 0 aliphatic rings. The Labute approximate surface area is 92.1 Å². The van der Waals surface area contributed by atoms with E-state index in [0.29, 0.717) is 17.4 Å². The van der Waals surface area contributed by atoms with Crippen LogP contribution in [0.25, 0.3) is 10.9 Å². The van der Waals surface area contributed by atoms with Gasteiger partial charge in [0.05, 0.1) is 10.9 Å². The van der Waals surface area contributed by atoms with Gasteiger partial charge in [0.25, 0.3) is 0 Å². The molecule has 1 aromatic carbocycles. The fraction of sp³-hybridized carbons (Fsp3) is 0.333. The van der Waals surface area contributed by atoms with E-state index in [-0.39, 0.29) is 0 Å². The van der Waals surface area contributed by atoms with E-state index in [1.54, 1.807) is 6.07 Å². The molecular weight excluding hydrogens is 206 g/mol. The molecule has 0 radical (unpaired) electrons. The van der Waals surface area contributed by atoms with Gasteiger partial charge in [-0.3, -0.25) is 4.57 Å². The normalized spacial score (nSPS) is 10.9. The smallest absolute Gasteiger partial charge is 0.372 e. The summed E-state index contributed by atoms with van der Waals surface area (Å²) in [5, 5.41) is 0.463. The summed E-state index contributed by atoms with van der Waals surface area (Å²) in [4.78, 5) is 23.0. The lowest BCUT2D eigenvalue weighted by Crippen LogP contribution is -2.24. The molecule has 0 spiro atoms. The first-order chi connectivity index (χ1) is 7.54. The van der Waals surface area contributed by atoms with Crippen molar-refractivity contribution in [2.45, 2.75) is 27.3 Å². The number of hydrogen-bond donors (Lipinski definition) is 0. The van der Waals surface area contributed by atoms with E-state index in [2.05, 4.69) is 4.42 Å². The van der Waals surface area contributed by atoms with Gasteiger partial charge in [-0.2, -0.15) is 0 Å². The molecule has 0 aliphatic carbocycles. The molecular formula is C12H13NO3. The van der Waals surface area contributed by atoms with Crippen LogP contribution in [-0.4, -0.2) is 4.57 Å². The highest BCUT2D eigenvalue weighted by molar-refractivity contribution is 5.79. The van der Waals surface area contributed by atoms with Crippen LogP contribution in [0.1, 0.15) is 18.1 Å². The molecule has 0 amide bonds. The Morgan fingerprint density at radius 2 is 1.81 bits per heavy atom. The van der Waals surface area contributed by atoms with Crippen molar-refractivity contribution in [2.75, 3.05) is 0 Å². The predicted octanol–water partition coefficient (Wildman–Crippen LogP) is 1.59. The summed E-state index contributed by atoms with van der Waals surface area (Å²) in [7, 11) is 0. The number of fused-ring (bicyclic) bond motifs is 1. The molecule has 0 unspecified atom stereocenters. The van der Waals surface area contributed by atoms with Crippen LogP contribution in [0.5, 0.6) is 0 Å². The maximum atomic E-state index is 11.6. The number of aromatic nitrogens is 1. The minimum absolute atomic E-state index is 0.463. The second kappa shape index (κ2) is 3.63. The second-order valence-corrected chi connectivity index (χ2v) is 3.85. The molecule has 4 heteroatoms. The minimum Gasteiger partial charge on any atom is -0.372 e. The molecule has 0 fully saturated rings. The number of benzene rings is 1. The zero-order valence-electron chi connectivity index (χ0n) is 9.53. The highest BCUT2D eigenvalue weighted by Crippen LogP contribution is 2.15. The van der Waals surface area contributed by atoms with Gasteiger partial charge in [0, 0.05) is 6.54 Å². The van der Waals surface area contributed by atoms with Gasteiger partial charge < -0.3 is 4.42 Å². The molecule has 0 saturated heterocycles. The van der Waals surface area contributed by atoms with Crippen LogP contribution in [0, 0.1) is 13.8 Å². The first-order valence-corrected chi connectivity index (χ1v) is 5.19. The van der Waals surface area contributed by atoms with Crippen molar-refractivity contribution in [3.05, 3.63) is 44.2 Å². The van der Waals surface area contributed by atoms with Crippen LogP contribution in [-0.2, 0) is 6.54 Å². The molecule has 2 aromatic rings. The third-order valence-corrected chi connectivity index (χ3v) is 2.84. The summed E-state index contributed by atoms with van der Waals surface area (Å²) in [5.41, 5.74) is 2.15. The molecule has 84 valence electrons. The van der Waals surface area contributed by atoms with Crippen molar-refractivity contribution in [1.82, 2.24) is 4.57 Å². The van der Waals surface area contributed by atoms with Crippen LogP contribution < -0.4 is 11.4 Å². The van der Waals surface area contributed by atoms with Crippen molar-refractivity contribution in [2.24, 2.45) is 0 Å². The molecule has 0 N–H and O–H groups in total. The van der Waals surface area contributed by atoms with E-state index in [1.165, 1.54) is 4.57 Å². The topological polar surface area (TPSA) is 52.2 Å². The number of hydrogen-bond acceptors (Lipinski definition) is 3. The van der Waals surface area contributed by atoms with Gasteiger partial charge in [0.15, 0.2) is 0 Å². The van der Waals surface area contributed by atoms with Gasteiger partial charge in [0.2, 0.25) is 0 Å². The van der Waals surface area contributed by atoms with Gasteiger partial charge in [-0.25, -0.2) is 9.59 Å². The Kier molecular flexibility index (Phi) is 2.42. The molecule has 1 heterocycles. The average Bonchev–Trinajstić information content (AvgIpc) is 2.22. The summed E-state index contributed by atoms with van der Waals surface area (Å²) in [5.74, 6) is -0.594. The maximum Gasteiger partial charge on any atom is 0.422 e. The maximum absolute atomic E-state index is 11.6. The lowest BCUT2D eigenvalue weighted by molar-refractivity contribution is 0.421. The van der Waals surface area contributed by atoms with Crippen molar-refractivity contribution in [3.8, 4) is 0 Å². The molecule has 2 rings (SSSR count). The highest BCUT2D eigenvalue weighted by Gasteiger charge is 2.09. The van der Waals surface area contributed by atoms with E-state index in [4.69, 9.17) is 0 Å². The first-order valence-electron chi connectivity index (χ1n) is 5.19. The van der Waals surface area contributed by atoms with E-state index in [9.17, 15) is 9.59 Å². The van der Waals surface area contributed by atoms with E-state index >= 15 is 0 Å². The zero-order chi connectivity index (χ0) is 11.9. The van der Waals surface area contributed by atoms with E-state index in [1.807, 2.05) is 26.8 Å². The average molecular weight is 219 g/mol. The second-order valence-electron chi connectivity index (χ2n) is 3.85.